The second-order valence-corrected chi connectivity index (χ2v) is 6.30. The maximum absolute atomic E-state index is 10.1. The van der Waals surface area contributed by atoms with Crippen molar-refractivity contribution in [1.29, 1.82) is 0 Å². The van der Waals surface area contributed by atoms with E-state index in [2.05, 4.69) is 9.88 Å². The van der Waals surface area contributed by atoms with Crippen molar-refractivity contribution in [3.05, 3.63) is 30.5 Å². The largest absolute Gasteiger partial charge is 0.490 e. The number of aliphatic hydroxyl groups is 1. The smallest absolute Gasteiger partial charge is 0.128 e. The van der Waals surface area contributed by atoms with Gasteiger partial charge in [-0.15, -0.1) is 0 Å². The van der Waals surface area contributed by atoms with Gasteiger partial charge in [0, 0.05) is 48.2 Å². The van der Waals surface area contributed by atoms with E-state index in [0.29, 0.717) is 13.2 Å². The van der Waals surface area contributed by atoms with Crippen LogP contribution in [0.1, 0.15) is 0 Å². The highest BCUT2D eigenvalue weighted by atomic mass is 32.2. The number of nitrogens with zero attached hydrogens (tertiary/aromatic N) is 1. The Morgan fingerprint density at radius 2 is 2.15 bits per heavy atom. The molecule has 1 atom stereocenters. The molecule has 1 aromatic carbocycles. The minimum atomic E-state index is -0.438. The third-order valence-corrected chi connectivity index (χ3v) is 4.50. The first-order valence-electron chi connectivity index (χ1n) is 7.00. The molecule has 20 heavy (non-hydrogen) atoms. The molecule has 5 heteroatoms. The van der Waals surface area contributed by atoms with Crippen molar-refractivity contribution >= 4 is 22.7 Å². The molecule has 0 radical (unpaired) electrons. The van der Waals surface area contributed by atoms with Crippen LogP contribution in [0.5, 0.6) is 5.75 Å². The molecule has 2 heterocycles. The highest BCUT2D eigenvalue weighted by Crippen LogP contribution is 2.24. The van der Waals surface area contributed by atoms with Crippen LogP contribution < -0.4 is 4.74 Å². The van der Waals surface area contributed by atoms with Gasteiger partial charge in [0.15, 0.2) is 0 Å². The molecule has 1 saturated heterocycles. The van der Waals surface area contributed by atoms with Gasteiger partial charge < -0.3 is 14.8 Å². The van der Waals surface area contributed by atoms with Crippen LogP contribution in [0.2, 0.25) is 0 Å². The van der Waals surface area contributed by atoms with Crippen molar-refractivity contribution in [2.24, 2.45) is 0 Å². The lowest BCUT2D eigenvalue weighted by molar-refractivity contribution is 0.0721. The van der Waals surface area contributed by atoms with Crippen molar-refractivity contribution < 1.29 is 9.84 Å². The normalized spacial score (nSPS) is 18.2. The molecule has 0 amide bonds. The third-order valence-electron chi connectivity index (χ3n) is 3.56. The molecule has 0 saturated carbocycles. The van der Waals surface area contributed by atoms with Gasteiger partial charge >= 0.3 is 0 Å². The van der Waals surface area contributed by atoms with Gasteiger partial charge in [-0.1, -0.05) is 6.07 Å². The molecule has 108 valence electrons. The summed E-state index contributed by atoms with van der Waals surface area (Å²) >= 11 is 1.98. The molecule has 4 nitrogen and oxygen atoms in total. The van der Waals surface area contributed by atoms with E-state index >= 15 is 0 Å². The predicted octanol–water partition coefficient (Wildman–Crippen LogP) is 1.96. The number of aromatic amines is 1. The fourth-order valence-corrected chi connectivity index (χ4v) is 3.48. The zero-order chi connectivity index (χ0) is 13.8. The Morgan fingerprint density at radius 1 is 1.30 bits per heavy atom. The van der Waals surface area contributed by atoms with Crippen LogP contribution in [0, 0.1) is 0 Å². The number of H-pyrrole nitrogens is 1. The standard InChI is InChI=1S/C15H20N2O2S/c18-12(10-17-6-8-20-9-7-17)11-19-15-3-1-2-14-13(15)4-5-16-14/h1-5,12,16,18H,6-11H2. The van der Waals surface area contributed by atoms with E-state index in [4.69, 9.17) is 4.74 Å². The molecule has 1 aromatic heterocycles. The van der Waals surface area contributed by atoms with Crippen LogP contribution in [0.3, 0.4) is 0 Å². The molecule has 0 aliphatic carbocycles. The molecule has 1 fully saturated rings. The minimum Gasteiger partial charge on any atom is -0.490 e. The Labute approximate surface area is 123 Å². The van der Waals surface area contributed by atoms with Crippen LogP contribution in [0.15, 0.2) is 30.5 Å². The van der Waals surface area contributed by atoms with E-state index in [1.54, 1.807) is 0 Å². The van der Waals surface area contributed by atoms with Crippen molar-refractivity contribution in [1.82, 2.24) is 9.88 Å². The van der Waals surface area contributed by atoms with Crippen LogP contribution in [-0.2, 0) is 0 Å². The van der Waals surface area contributed by atoms with Gasteiger partial charge in [0.2, 0.25) is 0 Å². The summed E-state index contributed by atoms with van der Waals surface area (Å²) in [5.74, 6) is 3.16. The number of hydrogen-bond acceptors (Lipinski definition) is 4. The molecule has 0 spiro atoms. The summed E-state index contributed by atoms with van der Waals surface area (Å²) in [5.41, 5.74) is 1.06. The van der Waals surface area contributed by atoms with E-state index in [9.17, 15) is 5.11 Å². The zero-order valence-corrected chi connectivity index (χ0v) is 12.2. The summed E-state index contributed by atoms with van der Waals surface area (Å²) in [6.45, 7) is 3.17. The topological polar surface area (TPSA) is 48.5 Å². The summed E-state index contributed by atoms with van der Waals surface area (Å²) in [5, 5.41) is 11.2. The summed E-state index contributed by atoms with van der Waals surface area (Å²) in [6, 6.07) is 7.92. The Kier molecular flexibility index (Phi) is 4.50. The highest BCUT2D eigenvalue weighted by Gasteiger charge is 2.15. The first-order chi connectivity index (χ1) is 9.83. The number of nitrogens with one attached hydrogen (secondary N) is 1. The fourth-order valence-electron chi connectivity index (χ4n) is 2.50. The number of β-amino-alcohol motifs (C(OH)–C–C–N with tert-alkyl or cyclic N) is 1. The Hall–Kier alpha value is -1.17. The van der Waals surface area contributed by atoms with Crippen LogP contribution in [0.4, 0.5) is 0 Å². The van der Waals surface area contributed by atoms with E-state index in [0.717, 1.165) is 41.2 Å². The van der Waals surface area contributed by atoms with Crippen molar-refractivity contribution in [3.8, 4) is 5.75 Å². The first kappa shape index (κ1) is 13.8. The van der Waals surface area contributed by atoms with Crippen molar-refractivity contribution in [2.45, 2.75) is 6.10 Å². The van der Waals surface area contributed by atoms with Gasteiger partial charge in [0.25, 0.3) is 0 Å². The van der Waals surface area contributed by atoms with Crippen LogP contribution in [-0.4, -0.2) is 58.8 Å². The number of ether oxygens (including phenoxy) is 1. The number of fused-ring (bicyclic) bond motifs is 1. The molecule has 1 aliphatic heterocycles. The SMILES string of the molecule is OC(COc1cccc2[nH]ccc12)CN1CCSCC1. The molecular weight excluding hydrogens is 272 g/mol. The van der Waals surface area contributed by atoms with Crippen LogP contribution in [0.25, 0.3) is 10.9 Å². The second kappa shape index (κ2) is 6.52. The minimum absolute atomic E-state index is 0.341. The third kappa shape index (κ3) is 3.29. The highest BCUT2D eigenvalue weighted by molar-refractivity contribution is 7.99. The lowest BCUT2D eigenvalue weighted by atomic mass is 10.2. The molecule has 0 bridgehead atoms. The number of thioether (sulfide) groups is 1. The Morgan fingerprint density at radius 3 is 3.00 bits per heavy atom. The number of hydrogen-bond donors (Lipinski definition) is 2. The molecule has 3 rings (SSSR count). The summed E-state index contributed by atoms with van der Waals surface area (Å²) in [7, 11) is 0. The first-order valence-corrected chi connectivity index (χ1v) is 8.15. The molecule has 1 aliphatic rings. The Bertz CT molecular complexity index is 552. The zero-order valence-electron chi connectivity index (χ0n) is 11.4. The van der Waals surface area contributed by atoms with Gasteiger partial charge in [-0.2, -0.15) is 11.8 Å². The predicted molar refractivity (Wildman–Crippen MR) is 83.6 cm³/mol. The lowest BCUT2D eigenvalue weighted by Gasteiger charge is -2.28. The van der Waals surface area contributed by atoms with Crippen molar-refractivity contribution in [2.75, 3.05) is 37.7 Å². The summed E-state index contributed by atoms with van der Waals surface area (Å²) in [6.07, 6.45) is 1.46. The van der Waals surface area contributed by atoms with E-state index in [-0.39, 0.29) is 0 Å². The quantitative estimate of drug-likeness (QED) is 0.884. The molecular formula is C15H20N2O2S. The van der Waals surface area contributed by atoms with Gasteiger partial charge in [0.05, 0.1) is 0 Å². The monoisotopic (exact) mass is 292 g/mol. The molecule has 2 aromatic rings. The van der Waals surface area contributed by atoms with E-state index in [1.807, 2.05) is 42.2 Å². The maximum atomic E-state index is 10.1. The molecule has 1 unspecified atom stereocenters. The summed E-state index contributed by atoms with van der Waals surface area (Å²) < 4.78 is 5.78. The number of aromatic nitrogens is 1. The Balaban J connectivity index is 1.54. The second-order valence-electron chi connectivity index (χ2n) is 5.07. The lowest BCUT2D eigenvalue weighted by Crippen LogP contribution is -2.40. The van der Waals surface area contributed by atoms with Crippen molar-refractivity contribution in [3.63, 3.8) is 0 Å². The van der Waals surface area contributed by atoms with Gasteiger partial charge in [-0.3, -0.25) is 4.90 Å². The van der Waals surface area contributed by atoms with E-state index < -0.39 is 6.10 Å². The fraction of sp³-hybridized carbons (Fsp3) is 0.467. The van der Waals surface area contributed by atoms with E-state index in [1.165, 1.54) is 0 Å². The van der Waals surface area contributed by atoms with Gasteiger partial charge in [-0.25, -0.2) is 0 Å². The number of rotatable bonds is 5. The number of benzene rings is 1. The average Bonchev–Trinajstić information content (AvgIpc) is 2.95. The number of aliphatic hydroxyl groups excluding tert-OH is 1. The van der Waals surface area contributed by atoms with Gasteiger partial charge in [0.1, 0.15) is 18.5 Å². The maximum Gasteiger partial charge on any atom is 0.128 e. The van der Waals surface area contributed by atoms with Crippen LogP contribution >= 0.6 is 11.8 Å². The van der Waals surface area contributed by atoms with Gasteiger partial charge in [-0.05, 0) is 18.2 Å². The summed E-state index contributed by atoms with van der Waals surface area (Å²) in [4.78, 5) is 5.47. The molecule has 2 N–H and O–H groups in total. The average molecular weight is 292 g/mol.